The lowest BCUT2D eigenvalue weighted by Gasteiger charge is -2.04. The number of nitrogens with zero attached hydrogens (tertiary/aromatic N) is 2. The zero-order chi connectivity index (χ0) is 26.4. The largest absolute Gasteiger partial charge is 0.355 e. The predicted octanol–water partition coefficient (Wildman–Crippen LogP) is 8.13. The summed E-state index contributed by atoms with van der Waals surface area (Å²) in [6.07, 6.45) is 4.94. The highest BCUT2D eigenvalue weighted by molar-refractivity contribution is 5.96. The molecule has 2 aliphatic heterocycles. The molecule has 3 aromatic rings. The number of H-pyrrole nitrogens is 2. The van der Waals surface area contributed by atoms with E-state index in [0.717, 1.165) is 90.9 Å². The van der Waals surface area contributed by atoms with Crippen molar-refractivity contribution in [2.45, 2.75) is 60.8 Å². The second-order valence-electron chi connectivity index (χ2n) is 10.0. The highest BCUT2D eigenvalue weighted by atomic mass is 16.1. The molecule has 5 heteroatoms. The number of aromatic amines is 2. The van der Waals surface area contributed by atoms with E-state index in [2.05, 4.69) is 82.4 Å². The second kappa shape index (κ2) is 9.47. The Kier molecular flexibility index (Phi) is 6.32. The van der Waals surface area contributed by atoms with Crippen molar-refractivity contribution in [2.24, 2.45) is 0 Å². The zero-order valence-electron chi connectivity index (χ0n) is 22.6. The summed E-state index contributed by atoms with van der Waals surface area (Å²) in [7, 11) is 0. The Balaban J connectivity index is 1.97. The van der Waals surface area contributed by atoms with Crippen LogP contribution in [-0.2, 0) is 4.79 Å². The summed E-state index contributed by atoms with van der Waals surface area (Å²) in [5.41, 5.74) is 17.1. The third-order valence-electron chi connectivity index (χ3n) is 7.84. The number of rotatable bonds is 5. The molecule has 0 unspecified atom stereocenters. The van der Waals surface area contributed by atoms with E-state index >= 15 is 0 Å². The lowest BCUT2D eigenvalue weighted by atomic mass is 9.99. The minimum Gasteiger partial charge on any atom is -0.355 e. The van der Waals surface area contributed by atoms with Crippen molar-refractivity contribution in [3.05, 3.63) is 75.9 Å². The molecule has 0 spiro atoms. The van der Waals surface area contributed by atoms with Crippen LogP contribution in [0, 0.1) is 20.8 Å². The van der Waals surface area contributed by atoms with E-state index in [0.29, 0.717) is 12.8 Å². The van der Waals surface area contributed by atoms with Gasteiger partial charge in [0.15, 0.2) is 0 Å². The van der Waals surface area contributed by atoms with E-state index in [9.17, 15) is 4.79 Å². The van der Waals surface area contributed by atoms with Crippen molar-refractivity contribution < 1.29 is 4.79 Å². The van der Waals surface area contributed by atoms with Gasteiger partial charge in [-0.2, -0.15) is 0 Å². The van der Waals surface area contributed by atoms with Gasteiger partial charge >= 0.3 is 0 Å². The van der Waals surface area contributed by atoms with Gasteiger partial charge in [0, 0.05) is 34.1 Å². The zero-order valence-corrected chi connectivity index (χ0v) is 22.6. The number of carbonyl (C=O) groups excluding carboxylic acids is 1. The molecule has 8 bridgehead atoms. The summed E-state index contributed by atoms with van der Waals surface area (Å²) in [5, 5.41) is 0. The SMILES string of the molecule is C=Cc1c(C)c2cc3nc(c(C)c4cc(C)c(cc5nc(cc1[nH]2)C(C)=C5CC)[nH]4)C(CCC=O)=C3C. The molecule has 0 radical (unpaired) electrons. The molecule has 0 saturated carbocycles. The van der Waals surface area contributed by atoms with Gasteiger partial charge in [0.25, 0.3) is 0 Å². The molecular formula is C32H34N4O. The van der Waals surface area contributed by atoms with Gasteiger partial charge in [0.05, 0.1) is 22.8 Å². The molecule has 0 saturated heterocycles. The minimum absolute atomic E-state index is 0.472. The number of fused-ring (bicyclic) bond motifs is 8. The average Bonchev–Trinajstić information content (AvgIpc) is 3.57. The Hall–Kier alpha value is -3.99. The minimum atomic E-state index is 0.472. The summed E-state index contributed by atoms with van der Waals surface area (Å²) >= 11 is 0. The second-order valence-corrected chi connectivity index (χ2v) is 10.0. The molecule has 188 valence electrons. The molecule has 5 nitrogen and oxygen atoms in total. The Morgan fingerprint density at radius 2 is 1.41 bits per heavy atom. The maximum Gasteiger partial charge on any atom is 0.120 e. The van der Waals surface area contributed by atoms with Crippen LogP contribution < -0.4 is 0 Å². The summed E-state index contributed by atoms with van der Waals surface area (Å²) in [4.78, 5) is 28.7. The van der Waals surface area contributed by atoms with Crippen LogP contribution in [-0.4, -0.2) is 26.2 Å². The molecule has 0 fully saturated rings. The number of aromatic nitrogens is 4. The first-order chi connectivity index (χ1) is 17.8. The number of carbonyl (C=O) groups is 1. The summed E-state index contributed by atoms with van der Waals surface area (Å²) in [6.45, 7) is 16.9. The van der Waals surface area contributed by atoms with E-state index in [1.165, 1.54) is 11.1 Å². The van der Waals surface area contributed by atoms with E-state index in [1.54, 1.807) is 0 Å². The molecule has 0 aromatic carbocycles. The first-order valence-corrected chi connectivity index (χ1v) is 13.0. The molecule has 0 aliphatic carbocycles. The highest BCUT2D eigenvalue weighted by Gasteiger charge is 2.20. The number of hydrogen-bond acceptors (Lipinski definition) is 3. The lowest BCUT2D eigenvalue weighted by Crippen LogP contribution is -1.89. The van der Waals surface area contributed by atoms with Crippen LogP contribution in [0.25, 0.3) is 50.4 Å². The number of aldehydes is 1. The Morgan fingerprint density at radius 3 is 2.11 bits per heavy atom. The fourth-order valence-corrected chi connectivity index (χ4v) is 5.54. The van der Waals surface area contributed by atoms with Gasteiger partial charge in [0.1, 0.15) is 6.29 Å². The normalized spacial score (nSPS) is 13.5. The first-order valence-electron chi connectivity index (χ1n) is 13.0. The first kappa shape index (κ1) is 24.7. The van der Waals surface area contributed by atoms with Crippen molar-refractivity contribution in [1.29, 1.82) is 0 Å². The van der Waals surface area contributed by atoms with Crippen molar-refractivity contribution in [2.75, 3.05) is 0 Å². The molecule has 3 aromatic heterocycles. The topological polar surface area (TPSA) is 74.4 Å². The van der Waals surface area contributed by atoms with Crippen LogP contribution in [0.15, 0.2) is 30.8 Å². The van der Waals surface area contributed by atoms with Gasteiger partial charge in [-0.1, -0.05) is 19.6 Å². The van der Waals surface area contributed by atoms with Gasteiger partial charge < -0.3 is 14.8 Å². The quantitative estimate of drug-likeness (QED) is 0.355. The number of allylic oxidation sites excluding steroid dienone is 4. The maximum atomic E-state index is 11.3. The van der Waals surface area contributed by atoms with Crippen LogP contribution in [0.4, 0.5) is 0 Å². The van der Waals surface area contributed by atoms with E-state index in [-0.39, 0.29) is 0 Å². The molecule has 0 amide bonds. The number of hydrogen-bond donors (Lipinski definition) is 2. The van der Waals surface area contributed by atoms with Gasteiger partial charge in [0.2, 0.25) is 0 Å². The smallest absolute Gasteiger partial charge is 0.120 e. The van der Waals surface area contributed by atoms with Crippen LogP contribution in [0.3, 0.4) is 0 Å². The van der Waals surface area contributed by atoms with Gasteiger partial charge in [-0.15, -0.1) is 0 Å². The summed E-state index contributed by atoms with van der Waals surface area (Å²) in [6, 6.07) is 8.60. The van der Waals surface area contributed by atoms with Crippen molar-refractivity contribution in [3.63, 3.8) is 0 Å². The molecule has 37 heavy (non-hydrogen) atoms. The van der Waals surface area contributed by atoms with Crippen LogP contribution in [0.2, 0.25) is 0 Å². The maximum absolute atomic E-state index is 11.3. The molecule has 2 aliphatic rings. The Bertz CT molecular complexity index is 1690. The fraction of sp³-hybridized carbons (Fsp3) is 0.281. The molecule has 0 atom stereocenters. The van der Waals surface area contributed by atoms with Crippen LogP contribution in [0.1, 0.15) is 85.1 Å². The van der Waals surface area contributed by atoms with E-state index < -0.39 is 0 Å². The third kappa shape index (κ3) is 4.08. The summed E-state index contributed by atoms with van der Waals surface area (Å²) < 4.78 is 0. The lowest BCUT2D eigenvalue weighted by molar-refractivity contribution is -0.107. The van der Waals surface area contributed by atoms with E-state index in [4.69, 9.17) is 9.97 Å². The Morgan fingerprint density at radius 1 is 0.784 bits per heavy atom. The number of aryl methyl sites for hydroxylation is 3. The summed E-state index contributed by atoms with van der Waals surface area (Å²) in [5.74, 6) is 0. The van der Waals surface area contributed by atoms with Gasteiger partial charge in [-0.3, -0.25) is 0 Å². The van der Waals surface area contributed by atoms with E-state index in [1.807, 2.05) is 6.08 Å². The van der Waals surface area contributed by atoms with Gasteiger partial charge in [-0.05, 0) is 111 Å². The molecule has 5 heterocycles. The third-order valence-corrected chi connectivity index (χ3v) is 7.84. The van der Waals surface area contributed by atoms with Gasteiger partial charge in [-0.25, -0.2) is 9.97 Å². The van der Waals surface area contributed by atoms with Crippen molar-refractivity contribution in [1.82, 2.24) is 19.9 Å². The molecule has 2 N–H and O–H groups in total. The standard InChI is InChI=1S/C32H34N4O/c1-8-22-19(5)28-16-31-23(9-2)18(4)27(34-31)15-29-20(6)24(11-10-12-37)32(36-29)21(7)26-13-17(3)25(33-26)14-30(22)35-28/h9,12-16,33-34H,2,8,10-11H2,1,3-7H3. The van der Waals surface area contributed by atoms with Crippen LogP contribution in [0.5, 0.6) is 0 Å². The molecular weight excluding hydrogens is 456 g/mol. The molecule has 5 rings (SSSR count). The Labute approximate surface area is 218 Å². The highest BCUT2D eigenvalue weighted by Crippen LogP contribution is 2.37. The van der Waals surface area contributed by atoms with Crippen LogP contribution >= 0.6 is 0 Å². The van der Waals surface area contributed by atoms with Crippen molar-refractivity contribution >= 4 is 56.7 Å². The predicted molar refractivity (Wildman–Crippen MR) is 156 cm³/mol. The van der Waals surface area contributed by atoms with Crippen molar-refractivity contribution in [3.8, 4) is 0 Å². The monoisotopic (exact) mass is 490 g/mol. The fourth-order valence-electron chi connectivity index (χ4n) is 5.54. The number of nitrogens with one attached hydrogen (secondary N) is 2. The average molecular weight is 491 g/mol.